The van der Waals surface area contributed by atoms with E-state index in [0.29, 0.717) is 11.3 Å². The van der Waals surface area contributed by atoms with Crippen LogP contribution < -0.4 is 4.74 Å². The highest BCUT2D eigenvalue weighted by atomic mass is 16.5. The first-order chi connectivity index (χ1) is 9.23. The lowest BCUT2D eigenvalue weighted by molar-refractivity contribution is 0.231. The molecule has 1 aromatic rings. The van der Waals surface area contributed by atoms with E-state index in [1.165, 1.54) is 11.1 Å². The zero-order valence-corrected chi connectivity index (χ0v) is 13.1. The molecule has 0 saturated carbocycles. The maximum atomic E-state index is 10.0. The van der Waals surface area contributed by atoms with Crippen molar-refractivity contribution in [2.75, 3.05) is 7.11 Å². The minimum atomic E-state index is -0.920. The molecule has 1 N–H and O–H groups in total. The topological polar surface area (TPSA) is 29.5 Å². The molecule has 0 spiro atoms. The first kappa shape index (κ1) is 14.9. The summed E-state index contributed by atoms with van der Waals surface area (Å²) in [5.74, 6) is 3.07. The lowest BCUT2D eigenvalue weighted by Crippen LogP contribution is -2.34. The van der Waals surface area contributed by atoms with Gasteiger partial charge in [-0.3, -0.25) is 0 Å². The van der Waals surface area contributed by atoms with Crippen molar-refractivity contribution in [2.24, 2.45) is 0 Å². The summed E-state index contributed by atoms with van der Waals surface area (Å²) in [5.41, 5.74) is 3.50. The number of ether oxygens (including phenoxy) is 1. The summed E-state index contributed by atoms with van der Waals surface area (Å²) in [6.45, 7) is 9.02. The Morgan fingerprint density at radius 3 is 2.10 bits per heavy atom. The lowest BCUT2D eigenvalue weighted by Gasteiger charge is -2.42. The van der Waals surface area contributed by atoms with Gasteiger partial charge in [0.15, 0.2) is 0 Å². The van der Waals surface area contributed by atoms with Gasteiger partial charge in [0.1, 0.15) is 11.9 Å². The predicted molar refractivity (Wildman–Crippen MR) is 82.1 cm³/mol. The number of aliphatic hydroxyl groups excluding tert-OH is 1. The lowest BCUT2D eigenvalue weighted by atomic mass is 9.63. The van der Waals surface area contributed by atoms with Crippen LogP contribution in [0.1, 0.15) is 63.3 Å². The summed E-state index contributed by atoms with van der Waals surface area (Å²) in [6, 6.07) is 4.10. The van der Waals surface area contributed by atoms with E-state index in [2.05, 4.69) is 39.7 Å². The van der Waals surface area contributed by atoms with Crippen molar-refractivity contribution in [1.29, 1.82) is 0 Å². The highest BCUT2D eigenvalue weighted by Gasteiger charge is 2.38. The van der Waals surface area contributed by atoms with E-state index in [-0.39, 0.29) is 10.8 Å². The number of fused-ring (bicyclic) bond motifs is 1. The predicted octanol–water partition coefficient (Wildman–Crippen LogP) is 3.71. The second-order valence-electron chi connectivity index (χ2n) is 6.98. The zero-order valence-electron chi connectivity index (χ0n) is 13.1. The van der Waals surface area contributed by atoms with Gasteiger partial charge in [-0.25, -0.2) is 0 Å². The molecule has 0 radical (unpaired) electrons. The number of terminal acetylenes is 1. The van der Waals surface area contributed by atoms with Crippen molar-refractivity contribution in [2.45, 2.75) is 57.5 Å². The van der Waals surface area contributed by atoms with Crippen molar-refractivity contribution in [1.82, 2.24) is 0 Å². The molecular weight excluding hydrogens is 248 g/mol. The second-order valence-corrected chi connectivity index (χ2v) is 6.98. The SMILES string of the molecule is C#CC(O)c1cc2c(cc1OC)C(C)(C)CCC2(C)C. The van der Waals surface area contributed by atoms with Crippen molar-refractivity contribution < 1.29 is 9.84 Å². The van der Waals surface area contributed by atoms with Crippen molar-refractivity contribution in [3.8, 4) is 18.1 Å². The van der Waals surface area contributed by atoms with Gasteiger partial charge in [0.2, 0.25) is 0 Å². The number of aliphatic hydroxyl groups is 1. The summed E-state index contributed by atoms with van der Waals surface area (Å²) >= 11 is 0. The number of benzene rings is 1. The molecular formula is C18H24O2. The van der Waals surface area contributed by atoms with Gasteiger partial charge in [-0.1, -0.05) is 33.6 Å². The Labute approximate surface area is 122 Å². The molecule has 20 heavy (non-hydrogen) atoms. The molecule has 108 valence electrons. The smallest absolute Gasteiger partial charge is 0.143 e. The Hall–Kier alpha value is -1.46. The molecule has 2 rings (SSSR count). The van der Waals surface area contributed by atoms with Gasteiger partial charge >= 0.3 is 0 Å². The first-order valence-corrected chi connectivity index (χ1v) is 7.10. The van der Waals surface area contributed by atoms with Crippen LogP contribution in [0.25, 0.3) is 0 Å². The minimum absolute atomic E-state index is 0.0974. The molecule has 2 heteroatoms. The van der Waals surface area contributed by atoms with Gasteiger partial charge in [0.05, 0.1) is 7.11 Å². The van der Waals surface area contributed by atoms with Gasteiger partial charge < -0.3 is 9.84 Å². The molecule has 0 aromatic heterocycles. The van der Waals surface area contributed by atoms with Gasteiger partial charge in [0, 0.05) is 5.56 Å². The van der Waals surface area contributed by atoms with Crippen LogP contribution in [0, 0.1) is 12.3 Å². The Balaban J connectivity index is 2.72. The molecule has 0 amide bonds. The molecule has 1 atom stereocenters. The van der Waals surface area contributed by atoms with E-state index in [4.69, 9.17) is 11.2 Å². The molecule has 0 heterocycles. The summed E-state index contributed by atoms with van der Waals surface area (Å²) < 4.78 is 5.44. The van der Waals surface area contributed by atoms with Crippen LogP contribution in [0.2, 0.25) is 0 Å². The Kier molecular flexibility index (Phi) is 3.60. The van der Waals surface area contributed by atoms with E-state index in [9.17, 15) is 5.11 Å². The fourth-order valence-electron chi connectivity index (χ4n) is 3.09. The van der Waals surface area contributed by atoms with E-state index >= 15 is 0 Å². The minimum Gasteiger partial charge on any atom is -0.496 e. The van der Waals surface area contributed by atoms with Crippen LogP contribution in [-0.4, -0.2) is 12.2 Å². The van der Waals surface area contributed by atoms with Crippen molar-refractivity contribution >= 4 is 0 Å². The van der Waals surface area contributed by atoms with Crippen LogP contribution >= 0.6 is 0 Å². The average molecular weight is 272 g/mol. The van der Waals surface area contributed by atoms with Gasteiger partial charge in [0.25, 0.3) is 0 Å². The van der Waals surface area contributed by atoms with Crippen LogP contribution in [0.4, 0.5) is 0 Å². The first-order valence-electron chi connectivity index (χ1n) is 7.10. The molecule has 1 aliphatic rings. The molecule has 0 aliphatic heterocycles. The van der Waals surface area contributed by atoms with E-state index in [1.54, 1.807) is 7.11 Å². The number of hydrogen-bond acceptors (Lipinski definition) is 2. The fourth-order valence-corrected chi connectivity index (χ4v) is 3.09. The largest absolute Gasteiger partial charge is 0.496 e. The van der Waals surface area contributed by atoms with Gasteiger partial charge in [-0.05, 0) is 46.9 Å². The maximum absolute atomic E-state index is 10.0. The maximum Gasteiger partial charge on any atom is 0.143 e. The van der Waals surface area contributed by atoms with Gasteiger partial charge in [-0.15, -0.1) is 6.42 Å². The molecule has 2 nitrogen and oxygen atoms in total. The summed E-state index contributed by atoms with van der Waals surface area (Å²) in [4.78, 5) is 0. The van der Waals surface area contributed by atoms with Crippen LogP contribution in [0.3, 0.4) is 0 Å². The van der Waals surface area contributed by atoms with Crippen LogP contribution in [0.15, 0.2) is 12.1 Å². The number of hydrogen-bond donors (Lipinski definition) is 1. The Morgan fingerprint density at radius 2 is 1.65 bits per heavy atom. The normalized spacial score (nSPS) is 20.6. The number of methoxy groups -OCH3 is 1. The highest BCUT2D eigenvalue weighted by Crippen LogP contribution is 2.48. The third-order valence-corrected chi connectivity index (χ3v) is 4.66. The molecule has 1 unspecified atom stereocenters. The summed E-state index contributed by atoms with van der Waals surface area (Å²) in [6.07, 6.45) is 6.72. The monoisotopic (exact) mass is 272 g/mol. The Morgan fingerprint density at radius 1 is 1.15 bits per heavy atom. The molecule has 0 bridgehead atoms. The van der Waals surface area contributed by atoms with E-state index in [1.807, 2.05) is 6.07 Å². The zero-order chi connectivity index (χ0) is 15.1. The molecule has 1 aliphatic carbocycles. The average Bonchev–Trinajstić information content (AvgIpc) is 2.42. The standard InChI is InChI=1S/C18H24O2/c1-7-15(19)12-10-13-14(11-16(12)20-6)18(4,5)9-8-17(13,2)3/h1,10-11,15,19H,8-9H2,2-6H3. The third kappa shape index (κ3) is 2.31. The summed E-state index contributed by atoms with van der Waals surface area (Å²) in [5, 5.41) is 10.0. The van der Waals surface area contributed by atoms with Crippen molar-refractivity contribution in [3.63, 3.8) is 0 Å². The Bertz CT molecular complexity index is 562. The van der Waals surface area contributed by atoms with Crippen molar-refractivity contribution in [3.05, 3.63) is 28.8 Å². The molecule has 0 saturated heterocycles. The second kappa shape index (κ2) is 4.82. The van der Waals surface area contributed by atoms with Crippen LogP contribution in [-0.2, 0) is 10.8 Å². The quantitative estimate of drug-likeness (QED) is 0.832. The fraction of sp³-hybridized carbons (Fsp3) is 0.556. The molecule has 1 aromatic carbocycles. The van der Waals surface area contributed by atoms with Crippen LogP contribution in [0.5, 0.6) is 5.75 Å². The summed E-state index contributed by atoms with van der Waals surface area (Å²) in [7, 11) is 1.62. The van der Waals surface area contributed by atoms with E-state index in [0.717, 1.165) is 12.8 Å². The third-order valence-electron chi connectivity index (χ3n) is 4.66. The van der Waals surface area contributed by atoms with Gasteiger partial charge in [-0.2, -0.15) is 0 Å². The number of rotatable bonds is 2. The highest BCUT2D eigenvalue weighted by molar-refractivity contribution is 5.51. The molecule has 0 fully saturated rings. The van der Waals surface area contributed by atoms with E-state index < -0.39 is 6.10 Å².